The minimum absolute atomic E-state index is 0.266. The Morgan fingerprint density at radius 1 is 1.50 bits per heavy atom. The third kappa shape index (κ3) is 2.50. The molecule has 0 aromatic rings. The summed E-state index contributed by atoms with van der Waals surface area (Å²) in [6, 6.07) is 0. The average molecular weight is 169 g/mol. The molecule has 0 radical (unpaired) electrons. The molecular formula is C10H19NO. The van der Waals surface area contributed by atoms with Gasteiger partial charge in [-0.3, -0.25) is 4.79 Å². The number of hydrogen-bond acceptors (Lipinski definition) is 1. The summed E-state index contributed by atoms with van der Waals surface area (Å²) in [6.07, 6.45) is 2.17. The van der Waals surface area contributed by atoms with Crippen LogP contribution in [0.3, 0.4) is 0 Å². The summed E-state index contributed by atoms with van der Waals surface area (Å²) < 4.78 is 0. The predicted octanol–water partition coefficient (Wildman–Crippen LogP) is 1.80. The van der Waals surface area contributed by atoms with E-state index in [2.05, 4.69) is 26.1 Å². The normalized spacial score (nSPS) is 28.3. The number of hydrogen-bond donors (Lipinski definition) is 1. The minimum Gasteiger partial charge on any atom is -0.356 e. The van der Waals surface area contributed by atoms with Crippen molar-refractivity contribution in [2.24, 2.45) is 17.8 Å². The lowest BCUT2D eigenvalue weighted by molar-refractivity contribution is -0.128. The van der Waals surface area contributed by atoms with Gasteiger partial charge >= 0.3 is 0 Å². The standard InChI is InChI=1S/C10H19NO/c1-7(2)6-11-10(12)9-4-8(3)5-9/h7-9H,4-6H2,1-3H3,(H,11,12). The summed E-state index contributed by atoms with van der Waals surface area (Å²) in [5.41, 5.74) is 0. The van der Waals surface area contributed by atoms with Gasteiger partial charge in [0.2, 0.25) is 5.91 Å². The van der Waals surface area contributed by atoms with Crippen molar-refractivity contribution >= 4 is 5.91 Å². The molecular weight excluding hydrogens is 150 g/mol. The maximum Gasteiger partial charge on any atom is 0.223 e. The molecule has 0 spiro atoms. The number of amides is 1. The summed E-state index contributed by atoms with van der Waals surface area (Å²) in [5.74, 6) is 1.91. The van der Waals surface area contributed by atoms with Crippen LogP contribution in [-0.2, 0) is 4.79 Å². The summed E-state index contributed by atoms with van der Waals surface area (Å²) in [7, 11) is 0. The molecule has 0 unspecified atom stereocenters. The van der Waals surface area contributed by atoms with Gasteiger partial charge in [0.15, 0.2) is 0 Å². The molecule has 1 aliphatic rings. The first-order chi connectivity index (χ1) is 5.59. The third-order valence-electron chi connectivity index (χ3n) is 2.43. The van der Waals surface area contributed by atoms with Crippen LogP contribution in [0.15, 0.2) is 0 Å². The zero-order valence-electron chi connectivity index (χ0n) is 8.26. The Morgan fingerprint density at radius 2 is 2.08 bits per heavy atom. The van der Waals surface area contributed by atoms with E-state index in [4.69, 9.17) is 0 Å². The average Bonchev–Trinajstić information content (AvgIpc) is 1.94. The Hall–Kier alpha value is -0.530. The van der Waals surface area contributed by atoms with E-state index < -0.39 is 0 Å². The highest BCUT2D eigenvalue weighted by Gasteiger charge is 2.30. The molecule has 0 aromatic carbocycles. The first-order valence-electron chi connectivity index (χ1n) is 4.87. The second-order valence-electron chi connectivity index (χ2n) is 4.41. The van der Waals surface area contributed by atoms with Gasteiger partial charge in [0.05, 0.1) is 0 Å². The molecule has 2 nitrogen and oxygen atoms in total. The van der Waals surface area contributed by atoms with Gasteiger partial charge in [-0.1, -0.05) is 20.8 Å². The molecule has 0 heterocycles. The second-order valence-corrected chi connectivity index (χ2v) is 4.41. The van der Waals surface area contributed by atoms with Crippen molar-refractivity contribution in [2.75, 3.05) is 6.54 Å². The van der Waals surface area contributed by atoms with Gasteiger partial charge in [-0.25, -0.2) is 0 Å². The number of carbonyl (C=O) groups is 1. The quantitative estimate of drug-likeness (QED) is 0.686. The molecule has 0 aliphatic heterocycles. The van der Waals surface area contributed by atoms with E-state index in [1.54, 1.807) is 0 Å². The van der Waals surface area contributed by atoms with E-state index in [1.165, 1.54) is 0 Å². The van der Waals surface area contributed by atoms with Crippen molar-refractivity contribution in [1.29, 1.82) is 0 Å². The summed E-state index contributed by atoms with van der Waals surface area (Å²) in [4.78, 5) is 11.4. The molecule has 0 saturated heterocycles. The second kappa shape index (κ2) is 3.92. The van der Waals surface area contributed by atoms with Crippen LogP contribution in [0.1, 0.15) is 33.6 Å². The molecule has 0 atom stereocenters. The number of carbonyl (C=O) groups excluding carboxylic acids is 1. The Bertz CT molecular complexity index is 159. The van der Waals surface area contributed by atoms with Crippen LogP contribution in [0.5, 0.6) is 0 Å². The lowest BCUT2D eigenvalue weighted by atomic mass is 9.75. The zero-order valence-corrected chi connectivity index (χ0v) is 8.26. The molecule has 1 rings (SSSR count). The monoisotopic (exact) mass is 169 g/mol. The van der Waals surface area contributed by atoms with Gasteiger partial charge in [-0.2, -0.15) is 0 Å². The maximum atomic E-state index is 11.4. The Balaban J connectivity index is 2.13. The number of rotatable bonds is 3. The van der Waals surface area contributed by atoms with Crippen LogP contribution >= 0.6 is 0 Å². The zero-order chi connectivity index (χ0) is 9.14. The number of nitrogens with one attached hydrogen (secondary N) is 1. The van der Waals surface area contributed by atoms with Gasteiger partial charge < -0.3 is 5.32 Å². The minimum atomic E-state index is 0.266. The maximum absolute atomic E-state index is 11.4. The van der Waals surface area contributed by atoms with Crippen molar-refractivity contribution in [2.45, 2.75) is 33.6 Å². The van der Waals surface area contributed by atoms with Gasteiger partial charge in [0, 0.05) is 12.5 Å². The Kier molecular flexibility index (Phi) is 3.12. The van der Waals surface area contributed by atoms with Crippen molar-refractivity contribution in [1.82, 2.24) is 5.32 Å². The lowest BCUT2D eigenvalue weighted by Crippen LogP contribution is -2.39. The SMILES string of the molecule is CC(C)CNC(=O)C1CC(C)C1. The molecule has 1 N–H and O–H groups in total. The Labute approximate surface area is 74.7 Å². The molecule has 70 valence electrons. The fourth-order valence-electron chi connectivity index (χ4n) is 1.57. The molecule has 1 fully saturated rings. The fraction of sp³-hybridized carbons (Fsp3) is 0.900. The van der Waals surface area contributed by atoms with E-state index in [1.807, 2.05) is 0 Å². The Morgan fingerprint density at radius 3 is 2.50 bits per heavy atom. The van der Waals surface area contributed by atoms with Crippen molar-refractivity contribution < 1.29 is 4.79 Å². The van der Waals surface area contributed by atoms with E-state index in [-0.39, 0.29) is 5.91 Å². The van der Waals surface area contributed by atoms with Crippen LogP contribution < -0.4 is 5.32 Å². The van der Waals surface area contributed by atoms with E-state index >= 15 is 0 Å². The van der Waals surface area contributed by atoms with E-state index in [0.717, 1.165) is 25.3 Å². The van der Waals surface area contributed by atoms with Crippen molar-refractivity contribution in [3.63, 3.8) is 0 Å². The highest BCUT2D eigenvalue weighted by Crippen LogP contribution is 2.32. The first kappa shape index (κ1) is 9.56. The summed E-state index contributed by atoms with van der Waals surface area (Å²) >= 11 is 0. The topological polar surface area (TPSA) is 29.1 Å². The lowest BCUT2D eigenvalue weighted by Gasteiger charge is -2.31. The predicted molar refractivity (Wildman–Crippen MR) is 49.7 cm³/mol. The largest absolute Gasteiger partial charge is 0.356 e. The van der Waals surface area contributed by atoms with Crippen molar-refractivity contribution in [3.05, 3.63) is 0 Å². The highest BCUT2D eigenvalue weighted by molar-refractivity contribution is 5.79. The first-order valence-corrected chi connectivity index (χ1v) is 4.87. The summed E-state index contributed by atoms with van der Waals surface area (Å²) in [5, 5.41) is 2.97. The van der Waals surface area contributed by atoms with Gasteiger partial charge in [-0.15, -0.1) is 0 Å². The molecule has 1 aliphatic carbocycles. The molecule has 0 bridgehead atoms. The molecule has 12 heavy (non-hydrogen) atoms. The smallest absolute Gasteiger partial charge is 0.223 e. The van der Waals surface area contributed by atoms with Crippen LogP contribution in [0.25, 0.3) is 0 Å². The molecule has 1 saturated carbocycles. The molecule has 1 amide bonds. The highest BCUT2D eigenvalue weighted by atomic mass is 16.1. The van der Waals surface area contributed by atoms with Crippen LogP contribution in [-0.4, -0.2) is 12.5 Å². The van der Waals surface area contributed by atoms with Gasteiger partial charge in [0.25, 0.3) is 0 Å². The molecule has 0 aromatic heterocycles. The summed E-state index contributed by atoms with van der Waals surface area (Å²) in [6.45, 7) is 7.25. The van der Waals surface area contributed by atoms with E-state index in [0.29, 0.717) is 11.8 Å². The molecule has 2 heteroatoms. The van der Waals surface area contributed by atoms with Crippen LogP contribution in [0.4, 0.5) is 0 Å². The van der Waals surface area contributed by atoms with Gasteiger partial charge in [0.1, 0.15) is 0 Å². The fourth-order valence-corrected chi connectivity index (χ4v) is 1.57. The van der Waals surface area contributed by atoms with E-state index in [9.17, 15) is 4.79 Å². The van der Waals surface area contributed by atoms with Crippen LogP contribution in [0, 0.1) is 17.8 Å². The van der Waals surface area contributed by atoms with Gasteiger partial charge in [-0.05, 0) is 24.7 Å². The van der Waals surface area contributed by atoms with Crippen LogP contribution in [0.2, 0.25) is 0 Å². The van der Waals surface area contributed by atoms with Crippen molar-refractivity contribution in [3.8, 4) is 0 Å². The third-order valence-corrected chi connectivity index (χ3v) is 2.43.